The number of carbonyl (C=O) groups excluding carboxylic acids is 1. The number of halogens is 3. The first-order valence-corrected chi connectivity index (χ1v) is 5.05. The fraction of sp³-hybridized carbons (Fsp3) is 0.364. The minimum absolute atomic E-state index is 0.00270. The second-order valence-corrected chi connectivity index (χ2v) is 3.56. The monoisotopic (exact) mass is 246 g/mol. The van der Waals surface area contributed by atoms with E-state index in [9.17, 15) is 18.0 Å². The first-order chi connectivity index (χ1) is 7.84. The molecule has 0 bridgehead atoms. The van der Waals surface area contributed by atoms with Gasteiger partial charge in [-0.05, 0) is 24.6 Å². The number of alkyl halides is 3. The summed E-state index contributed by atoms with van der Waals surface area (Å²) >= 11 is 0. The number of amides is 1. The van der Waals surface area contributed by atoms with Gasteiger partial charge >= 0.3 is 12.1 Å². The molecule has 0 saturated heterocycles. The molecule has 0 radical (unpaired) electrons. The molecular weight excluding hydrogens is 233 g/mol. The Balaban J connectivity index is 2.77. The lowest BCUT2D eigenvalue weighted by molar-refractivity contribution is -0.185. The summed E-state index contributed by atoms with van der Waals surface area (Å²) < 4.78 is 36.7. The van der Waals surface area contributed by atoms with Gasteiger partial charge in [0.25, 0.3) is 0 Å². The van der Waals surface area contributed by atoms with Crippen molar-refractivity contribution in [2.75, 3.05) is 12.3 Å². The molecular formula is C11H13F3N2O. The summed E-state index contributed by atoms with van der Waals surface area (Å²) in [6.07, 6.45) is -4.83. The predicted molar refractivity (Wildman–Crippen MR) is 58.0 cm³/mol. The highest BCUT2D eigenvalue weighted by Gasteiger charge is 2.41. The van der Waals surface area contributed by atoms with Gasteiger partial charge < -0.3 is 10.6 Å². The number of hydrogen-bond acceptors (Lipinski definition) is 2. The average molecular weight is 246 g/mol. The van der Waals surface area contributed by atoms with Gasteiger partial charge in [0.2, 0.25) is 0 Å². The van der Waals surface area contributed by atoms with Crippen molar-refractivity contribution in [1.29, 1.82) is 0 Å². The number of carbonyl (C=O) groups is 1. The molecule has 3 nitrogen and oxygen atoms in total. The standard InChI is InChI=1S/C11H13F3N2O/c1-2-16(10(17)11(12,13)14)7-8-3-5-9(15)6-4-8/h3-6H,2,7,15H2,1H3. The van der Waals surface area contributed by atoms with Crippen molar-refractivity contribution in [2.24, 2.45) is 0 Å². The SMILES string of the molecule is CCN(Cc1ccc(N)cc1)C(=O)C(F)(F)F. The Morgan fingerprint density at radius 3 is 2.24 bits per heavy atom. The van der Waals surface area contributed by atoms with E-state index in [-0.39, 0.29) is 13.1 Å². The van der Waals surface area contributed by atoms with Gasteiger partial charge in [-0.2, -0.15) is 13.2 Å². The van der Waals surface area contributed by atoms with Crippen LogP contribution >= 0.6 is 0 Å². The molecule has 1 aromatic carbocycles. The largest absolute Gasteiger partial charge is 0.471 e. The van der Waals surface area contributed by atoms with E-state index in [0.29, 0.717) is 11.3 Å². The Morgan fingerprint density at radius 1 is 1.29 bits per heavy atom. The number of hydrogen-bond donors (Lipinski definition) is 1. The molecule has 0 atom stereocenters. The van der Waals surface area contributed by atoms with Crippen LogP contribution in [0.3, 0.4) is 0 Å². The van der Waals surface area contributed by atoms with E-state index in [0.717, 1.165) is 4.90 Å². The van der Waals surface area contributed by atoms with Crippen LogP contribution in [-0.4, -0.2) is 23.5 Å². The molecule has 0 heterocycles. The normalized spacial score (nSPS) is 11.3. The Morgan fingerprint density at radius 2 is 1.82 bits per heavy atom. The molecule has 0 saturated carbocycles. The molecule has 1 rings (SSSR count). The minimum atomic E-state index is -4.83. The van der Waals surface area contributed by atoms with Crippen LogP contribution in [-0.2, 0) is 11.3 Å². The maximum Gasteiger partial charge on any atom is 0.471 e. The van der Waals surface area contributed by atoms with Gasteiger partial charge in [0.15, 0.2) is 0 Å². The maximum atomic E-state index is 12.2. The van der Waals surface area contributed by atoms with Crippen LogP contribution in [0.15, 0.2) is 24.3 Å². The number of benzene rings is 1. The van der Waals surface area contributed by atoms with Crippen LogP contribution in [0.1, 0.15) is 12.5 Å². The van der Waals surface area contributed by atoms with E-state index in [1.54, 1.807) is 24.3 Å². The summed E-state index contributed by atoms with van der Waals surface area (Å²) in [4.78, 5) is 11.8. The third-order valence-electron chi connectivity index (χ3n) is 2.26. The summed E-state index contributed by atoms with van der Waals surface area (Å²) in [5.41, 5.74) is 6.60. The number of nitrogen functional groups attached to an aromatic ring is 1. The Labute approximate surface area is 97.0 Å². The zero-order valence-electron chi connectivity index (χ0n) is 9.29. The van der Waals surface area contributed by atoms with Crippen molar-refractivity contribution in [3.05, 3.63) is 29.8 Å². The molecule has 0 aromatic heterocycles. The average Bonchev–Trinajstić information content (AvgIpc) is 2.26. The van der Waals surface area contributed by atoms with Crippen LogP contribution < -0.4 is 5.73 Å². The molecule has 0 spiro atoms. The minimum Gasteiger partial charge on any atom is -0.399 e. The van der Waals surface area contributed by atoms with Gasteiger partial charge in [-0.1, -0.05) is 12.1 Å². The molecule has 1 aromatic rings. The highest BCUT2D eigenvalue weighted by Crippen LogP contribution is 2.20. The van der Waals surface area contributed by atoms with E-state index in [2.05, 4.69) is 0 Å². The second kappa shape index (κ2) is 5.07. The molecule has 0 unspecified atom stereocenters. The number of anilines is 1. The highest BCUT2D eigenvalue weighted by atomic mass is 19.4. The van der Waals surface area contributed by atoms with Crippen molar-refractivity contribution in [2.45, 2.75) is 19.6 Å². The lowest BCUT2D eigenvalue weighted by atomic mass is 10.2. The van der Waals surface area contributed by atoms with E-state index < -0.39 is 12.1 Å². The fourth-order valence-electron chi connectivity index (χ4n) is 1.35. The Bertz CT molecular complexity index is 387. The van der Waals surface area contributed by atoms with E-state index >= 15 is 0 Å². The molecule has 94 valence electrons. The van der Waals surface area contributed by atoms with Crippen LogP contribution in [0, 0.1) is 0 Å². The number of rotatable bonds is 3. The molecule has 0 aliphatic heterocycles. The molecule has 6 heteroatoms. The molecule has 1 amide bonds. The van der Waals surface area contributed by atoms with Crippen molar-refractivity contribution in [3.8, 4) is 0 Å². The summed E-state index contributed by atoms with van der Waals surface area (Å²) in [7, 11) is 0. The van der Waals surface area contributed by atoms with Crippen LogP contribution in [0.25, 0.3) is 0 Å². The summed E-state index contributed by atoms with van der Waals surface area (Å²) in [6, 6.07) is 6.37. The van der Waals surface area contributed by atoms with Crippen LogP contribution in [0.5, 0.6) is 0 Å². The maximum absolute atomic E-state index is 12.2. The zero-order chi connectivity index (χ0) is 13.1. The van der Waals surface area contributed by atoms with Crippen LogP contribution in [0.4, 0.5) is 18.9 Å². The Kier molecular flexibility index (Phi) is 3.98. The third-order valence-corrected chi connectivity index (χ3v) is 2.26. The molecule has 0 fully saturated rings. The highest BCUT2D eigenvalue weighted by molar-refractivity contribution is 5.81. The van der Waals surface area contributed by atoms with E-state index in [4.69, 9.17) is 5.73 Å². The Hall–Kier alpha value is -1.72. The van der Waals surface area contributed by atoms with Gasteiger partial charge in [0.1, 0.15) is 0 Å². The van der Waals surface area contributed by atoms with Crippen molar-refractivity contribution in [3.63, 3.8) is 0 Å². The zero-order valence-corrected chi connectivity index (χ0v) is 9.29. The van der Waals surface area contributed by atoms with E-state index in [1.807, 2.05) is 0 Å². The van der Waals surface area contributed by atoms with E-state index in [1.165, 1.54) is 6.92 Å². The predicted octanol–water partition coefficient (Wildman–Crippen LogP) is 2.18. The summed E-state index contributed by atoms with van der Waals surface area (Å²) in [6.45, 7) is 1.43. The van der Waals surface area contributed by atoms with Gasteiger partial charge in [-0.3, -0.25) is 4.79 Å². The van der Waals surface area contributed by atoms with Crippen molar-refractivity contribution in [1.82, 2.24) is 4.90 Å². The molecule has 0 aliphatic carbocycles. The van der Waals surface area contributed by atoms with Crippen molar-refractivity contribution < 1.29 is 18.0 Å². The smallest absolute Gasteiger partial charge is 0.399 e. The van der Waals surface area contributed by atoms with Gasteiger partial charge in [-0.25, -0.2) is 0 Å². The lowest BCUT2D eigenvalue weighted by Crippen LogP contribution is -2.40. The van der Waals surface area contributed by atoms with Gasteiger partial charge in [-0.15, -0.1) is 0 Å². The topological polar surface area (TPSA) is 46.3 Å². The molecule has 0 aliphatic rings. The first kappa shape index (κ1) is 13.3. The summed E-state index contributed by atoms with van der Waals surface area (Å²) in [5.74, 6) is -1.82. The first-order valence-electron chi connectivity index (χ1n) is 5.05. The molecule has 17 heavy (non-hydrogen) atoms. The molecule has 2 N–H and O–H groups in total. The fourth-order valence-corrected chi connectivity index (χ4v) is 1.35. The van der Waals surface area contributed by atoms with Gasteiger partial charge in [0, 0.05) is 18.8 Å². The van der Waals surface area contributed by atoms with Gasteiger partial charge in [0.05, 0.1) is 0 Å². The quantitative estimate of drug-likeness (QED) is 0.831. The lowest BCUT2D eigenvalue weighted by Gasteiger charge is -2.22. The third kappa shape index (κ3) is 3.65. The van der Waals surface area contributed by atoms with Crippen molar-refractivity contribution >= 4 is 11.6 Å². The summed E-state index contributed by atoms with van der Waals surface area (Å²) in [5, 5.41) is 0. The number of nitrogens with two attached hydrogens (primary N) is 1. The van der Waals surface area contributed by atoms with Crippen LogP contribution in [0.2, 0.25) is 0 Å². The number of nitrogens with zero attached hydrogens (tertiary/aromatic N) is 1. The second-order valence-electron chi connectivity index (χ2n) is 3.56.